The van der Waals surface area contributed by atoms with E-state index in [9.17, 15) is 8.78 Å². The number of rotatable bonds is 5. The molecule has 5 heteroatoms. The Balaban J connectivity index is 2.92. The van der Waals surface area contributed by atoms with Crippen LogP contribution in [0.1, 0.15) is 6.42 Å². The molecule has 0 amide bonds. The highest BCUT2D eigenvalue weighted by Crippen LogP contribution is 2.26. The lowest BCUT2D eigenvalue weighted by Crippen LogP contribution is -2.20. The SMILES string of the molecule is COc1cc(F)c(N(C)CCCCl)cc1F. The van der Waals surface area contributed by atoms with Gasteiger partial charge in [-0.15, -0.1) is 11.6 Å². The van der Waals surface area contributed by atoms with Crippen molar-refractivity contribution in [3.05, 3.63) is 23.8 Å². The van der Waals surface area contributed by atoms with Gasteiger partial charge in [0.1, 0.15) is 5.82 Å². The summed E-state index contributed by atoms with van der Waals surface area (Å²) in [6.45, 7) is 0.576. The standard InChI is InChI=1S/C11H14ClF2NO/c1-15(5-3-4-12)10-6-9(14)11(16-2)7-8(10)13/h6-7H,3-5H2,1-2H3. The molecule has 0 saturated carbocycles. The van der Waals surface area contributed by atoms with Crippen LogP contribution < -0.4 is 9.64 Å². The van der Waals surface area contributed by atoms with Crippen molar-refractivity contribution in [2.24, 2.45) is 0 Å². The summed E-state index contributed by atoms with van der Waals surface area (Å²) in [5.74, 6) is -0.677. The average Bonchev–Trinajstić information content (AvgIpc) is 2.28. The molecule has 1 aromatic rings. The molecular formula is C11H14ClF2NO. The van der Waals surface area contributed by atoms with Gasteiger partial charge >= 0.3 is 0 Å². The number of hydrogen-bond donors (Lipinski definition) is 0. The first-order valence-corrected chi connectivity index (χ1v) is 5.43. The highest BCUT2D eigenvalue weighted by Gasteiger charge is 2.13. The maximum Gasteiger partial charge on any atom is 0.167 e. The summed E-state index contributed by atoms with van der Waals surface area (Å²) in [6.07, 6.45) is 0.713. The van der Waals surface area contributed by atoms with E-state index in [1.165, 1.54) is 7.11 Å². The van der Waals surface area contributed by atoms with Gasteiger partial charge in [-0.2, -0.15) is 0 Å². The van der Waals surface area contributed by atoms with Crippen LogP contribution in [0.3, 0.4) is 0 Å². The zero-order chi connectivity index (χ0) is 12.1. The van der Waals surface area contributed by atoms with Crippen LogP contribution in [-0.4, -0.2) is 26.6 Å². The van der Waals surface area contributed by atoms with Crippen LogP contribution in [0.2, 0.25) is 0 Å². The molecule has 90 valence electrons. The maximum atomic E-state index is 13.6. The van der Waals surface area contributed by atoms with Gasteiger partial charge in [0.25, 0.3) is 0 Å². The Morgan fingerprint density at radius 2 is 2.00 bits per heavy atom. The lowest BCUT2D eigenvalue weighted by molar-refractivity contribution is 0.383. The minimum absolute atomic E-state index is 0.0907. The van der Waals surface area contributed by atoms with E-state index in [1.807, 2.05) is 0 Å². The first-order chi connectivity index (χ1) is 7.60. The van der Waals surface area contributed by atoms with Gasteiger partial charge < -0.3 is 9.64 Å². The molecule has 0 aliphatic rings. The zero-order valence-electron chi connectivity index (χ0n) is 9.27. The number of hydrogen-bond acceptors (Lipinski definition) is 2. The molecule has 0 saturated heterocycles. The third-order valence-corrected chi connectivity index (χ3v) is 2.53. The molecule has 0 aliphatic carbocycles. The van der Waals surface area contributed by atoms with Gasteiger partial charge in [0.2, 0.25) is 0 Å². The number of nitrogens with zero attached hydrogens (tertiary/aromatic N) is 1. The largest absolute Gasteiger partial charge is 0.494 e. The van der Waals surface area contributed by atoms with E-state index >= 15 is 0 Å². The molecule has 0 radical (unpaired) electrons. The van der Waals surface area contributed by atoms with Crippen LogP contribution >= 0.6 is 11.6 Å². The normalized spacial score (nSPS) is 10.3. The van der Waals surface area contributed by atoms with Gasteiger partial charge in [0.15, 0.2) is 11.6 Å². The summed E-state index contributed by atoms with van der Waals surface area (Å²) in [6, 6.07) is 2.17. The van der Waals surface area contributed by atoms with E-state index in [-0.39, 0.29) is 11.4 Å². The third-order valence-electron chi connectivity index (χ3n) is 2.26. The molecule has 0 spiro atoms. The smallest absolute Gasteiger partial charge is 0.167 e. The van der Waals surface area contributed by atoms with Crippen LogP contribution in [0.25, 0.3) is 0 Å². The predicted molar refractivity (Wildman–Crippen MR) is 61.5 cm³/mol. The van der Waals surface area contributed by atoms with Crippen LogP contribution in [0.5, 0.6) is 5.75 Å². The molecule has 1 rings (SSSR count). The van der Waals surface area contributed by atoms with Gasteiger partial charge in [0.05, 0.1) is 12.8 Å². The monoisotopic (exact) mass is 249 g/mol. The van der Waals surface area contributed by atoms with E-state index < -0.39 is 11.6 Å². The highest BCUT2D eigenvalue weighted by molar-refractivity contribution is 6.17. The van der Waals surface area contributed by atoms with Crippen molar-refractivity contribution in [3.63, 3.8) is 0 Å². The molecule has 2 nitrogen and oxygen atoms in total. The van der Waals surface area contributed by atoms with Gasteiger partial charge in [-0.3, -0.25) is 0 Å². The second-order valence-electron chi connectivity index (χ2n) is 3.40. The number of anilines is 1. The van der Waals surface area contributed by atoms with Crippen molar-refractivity contribution in [1.82, 2.24) is 0 Å². The molecule has 0 bridgehead atoms. The molecule has 1 aromatic carbocycles. The van der Waals surface area contributed by atoms with Gasteiger partial charge in [-0.25, -0.2) is 8.78 Å². The lowest BCUT2D eigenvalue weighted by Gasteiger charge is -2.20. The second-order valence-corrected chi connectivity index (χ2v) is 3.78. The predicted octanol–water partition coefficient (Wildman–Crippen LogP) is 3.04. The molecule has 16 heavy (non-hydrogen) atoms. The van der Waals surface area contributed by atoms with E-state index in [0.29, 0.717) is 18.8 Å². The maximum absolute atomic E-state index is 13.6. The quantitative estimate of drug-likeness (QED) is 0.744. The Morgan fingerprint density at radius 1 is 1.31 bits per heavy atom. The highest BCUT2D eigenvalue weighted by atomic mass is 35.5. The number of ether oxygens (including phenoxy) is 1. The lowest BCUT2D eigenvalue weighted by atomic mass is 10.2. The minimum Gasteiger partial charge on any atom is -0.494 e. The summed E-state index contributed by atoms with van der Waals surface area (Å²) in [5.41, 5.74) is 0.211. The van der Waals surface area contributed by atoms with E-state index in [2.05, 4.69) is 4.74 Å². The molecule has 0 heterocycles. The summed E-state index contributed by atoms with van der Waals surface area (Å²) in [7, 11) is 2.99. The molecule has 0 fully saturated rings. The molecule has 0 atom stereocenters. The second kappa shape index (κ2) is 5.89. The number of halogens is 3. The number of alkyl halides is 1. The zero-order valence-corrected chi connectivity index (χ0v) is 10.0. The van der Waals surface area contributed by atoms with Crippen molar-refractivity contribution >= 4 is 17.3 Å². The molecular weight excluding hydrogens is 236 g/mol. The minimum atomic E-state index is -0.573. The fourth-order valence-electron chi connectivity index (χ4n) is 1.38. The van der Waals surface area contributed by atoms with Gasteiger partial charge in [-0.1, -0.05) is 0 Å². The first-order valence-electron chi connectivity index (χ1n) is 4.90. The number of methoxy groups -OCH3 is 1. The molecule has 0 N–H and O–H groups in total. The Kier molecular flexibility index (Phi) is 4.80. The Labute approximate surface area is 98.8 Å². The first kappa shape index (κ1) is 13.0. The fraction of sp³-hybridized carbons (Fsp3) is 0.455. The van der Waals surface area contributed by atoms with Gasteiger partial charge in [0, 0.05) is 31.6 Å². The van der Waals surface area contributed by atoms with E-state index in [4.69, 9.17) is 11.6 Å². The van der Waals surface area contributed by atoms with E-state index in [1.54, 1.807) is 11.9 Å². The van der Waals surface area contributed by atoms with Crippen molar-refractivity contribution in [1.29, 1.82) is 0 Å². The van der Waals surface area contributed by atoms with Gasteiger partial charge in [-0.05, 0) is 6.42 Å². The summed E-state index contributed by atoms with van der Waals surface area (Å²) < 4.78 is 31.6. The van der Waals surface area contributed by atoms with Crippen LogP contribution in [-0.2, 0) is 0 Å². The van der Waals surface area contributed by atoms with Crippen LogP contribution in [0.4, 0.5) is 14.5 Å². The Bertz CT molecular complexity index is 360. The third kappa shape index (κ3) is 2.98. The number of benzene rings is 1. The average molecular weight is 250 g/mol. The van der Waals surface area contributed by atoms with Crippen molar-refractivity contribution in [2.75, 3.05) is 31.5 Å². The van der Waals surface area contributed by atoms with Crippen LogP contribution in [0.15, 0.2) is 12.1 Å². The summed E-state index contributed by atoms with van der Waals surface area (Å²) >= 11 is 5.54. The fourth-order valence-corrected chi connectivity index (χ4v) is 1.50. The molecule has 0 aliphatic heterocycles. The van der Waals surface area contributed by atoms with Crippen molar-refractivity contribution in [2.45, 2.75) is 6.42 Å². The van der Waals surface area contributed by atoms with Crippen molar-refractivity contribution < 1.29 is 13.5 Å². The molecule has 0 aromatic heterocycles. The van der Waals surface area contributed by atoms with Crippen molar-refractivity contribution in [3.8, 4) is 5.75 Å². The Morgan fingerprint density at radius 3 is 2.56 bits per heavy atom. The topological polar surface area (TPSA) is 12.5 Å². The molecule has 0 unspecified atom stereocenters. The van der Waals surface area contributed by atoms with Crippen LogP contribution in [0, 0.1) is 11.6 Å². The van der Waals surface area contributed by atoms with E-state index in [0.717, 1.165) is 12.1 Å². The Hall–Kier alpha value is -1.03. The summed E-state index contributed by atoms with van der Waals surface area (Å²) in [5, 5.41) is 0. The summed E-state index contributed by atoms with van der Waals surface area (Å²) in [4.78, 5) is 1.63.